The Hall–Kier alpha value is -1.84. The molecule has 9 heteroatoms. The second-order valence-corrected chi connectivity index (χ2v) is 11.4. The fourth-order valence-corrected chi connectivity index (χ4v) is 6.59. The third-order valence-electron chi connectivity index (χ3n) is 6.32. The largest absolute Gasteiger partial charge is 0.439 e. The number of thiophene rings is 1. The van der Waals surface area contributed by atoms with Crippen molar-refractivity contribution in [3.05, 3.63) is 39.3 Å². The standard InChI is InChI=1S/C21H23FN3O3S2/c1-20(2,27)18-13(22)10-15(29-18)30(28)25-19(26)24-16-11-4-3-5-14(11)23-17-12(16)6-7-21(17)8-9-21/h10,27H,3-9H2,1-2H3,(H,23,24,26)/q-1. The van der Waals surface area contributed by atoms with E-state index in [1.165, 1.54) is 13.8 Å². The van der Waals surface area contributed by atoms with Crippen LogP contribution in [0, 0.1) is 5.82 Å². The minimum Gasteiger partial charge on any atom is -0.439 e. The number of nitrogens with zero attached hydrogens (tertiary/aromatic N) is 2. The van der Waals surface area contributed by atoms with Gasteiger partial charge in [0.15, 0.2) is 0 Å². The van der Waals surface area contributed by atoms with E-state index in [1.54, 1.807) is 0 Å². The minimum absolute atomic E-state index is 0.0703. The predicted octanol–water partition coefficient (Wildman–Crippen LogP) is 4.71. The SMILES string of the molecule is CC(C)(O)c1sc([S-](=O)=NC(=O)Nc2c3c(nc4c2CCC42CC2)CCC3)cc1F. The summed E-state index contributed by atoms with van der Waals surface area (Å²) in [5.74, 6) is -0.647. The summed E-state index contributed by atoms with van der Waals surface area (Å²) in [5.41, 5.74) is 3.99. The third kappa shape index (κ3) is 3.27. The molecule has 0 aliphatic heterocycles. The van der Waals surface area contributed by atoms with Gasteiger partial charge in [-0.05, 0) is 80.2 Å². The van der Waals surface area contributed by atoms with E-state index in [4.69, 9.17) is 4.98 Å². The number of nitrogens with one attached hydrogen (secondary N) is 1. The summed E-state index contributed by atoms with van der Waals surface area (Å²) in [6, 6.07) is 0.370. The first kappa shape index (κ1) is 20.1. The van der Waals surface area contributed by atoms with E-state index in [2.05, 4.69) is 9.68 Å². The number of carbonyl (C=O) groups is 1. The quantitative estimate of drug-likeness (QED) is 0.665. The number of hydrogen-bond donors (Lipinski definition) is 2. The highest BCUT2D eigenvalue weighted by Crippen LogP contribution is 2.58. The second kappa shape index (κ2) is 6.83. The van der Waals surface area contributed by atoms with Gasteiger partial charge in [0.2, 0.25) is 0 Å². The van der Waals surface area contributed by atoms with Crippen LogP contribution in [0.1, 0.15) is 66.9 Å². The Morgan fingerprint density at radius 3 is 2.73 bits per heavy atom. The smallest absolute Gasteiger partial charge is 0.322 e. The number of fused-ring (bicyclic) bond motifs is 3. The van der Waals surface area contributed by atoms with Gasteiger partial charge in [-0.3, -0.25) is 4.98 Å². The summed E-state index contributed by atoms with van der Waals surface area (Å²) >= 11 is 0.862. The number of aliphatic hydroxyl groups is 1. The highest BCUT2D eigenvalue weighted by molar-refractivity contribution is 7.78. The van der Waals surface area contributed by atoms with Crippen LogP contribution in [0.3, 0.4) is 0 Å². The lowest BCUT2D eigenvalue weighted by atomic mass is 10.0. The third-order valence-corrected chi connectivity index (χ3v) is 9.01. The van der Waals surface area contributed by atoms with Crippen LogP contribution in [-0.4, -0.2) is 16.1 Å². The highest BCUT2D eigenvalue weighted by atomic mass is 32.2. The Labute approximate surface area is 180 Å². The molecule has 2 heterocycles. The number of pyridine rings is 1. The van der Waals surface area contributed by atoms with Crippen LogP contribution in [-0.2, 0) is 45.1 Å². The number of urea groups is 1. The fraction of sp³-hybridized carbons (Fsp3) is 0.524. The molecule has 2 N–H and O–H groups in total. The highest BCUT2D eigenvalue weighted by Gasteiger charge is 2.51. The maximum Gasteiger partial charge on any atom is 0.322 e. The number of carbonyl (C=O) groups excluding carboxylic acids is 1. The van der Waals surface area contributed by atoms with Crippen molar-refractivity contribution < 1.29 is 18.5 Å². The van der Waals surface area contributed by atoms with Crippen LogP contribution in [0.25, 0.3) is 0 Å². The molecule has 0 aromatic carbocycles. The van der Waals surface area contributed by atoms with Crippen molar-refractivity contribution in [2.24, 2.45) is 4.36 Å². The molecule has 5 rings (SSSR count). The molecule has 0 saturated heterocycles. The maximum atomic E-state index is 14.1. The molecule has 1 fully saturated rings. The topological polar surface area (TPSA) is 91.6 Å². The van der Waals surface area contributed by atoms with Gasteiger partial charge >= 0.3 is 6.03 Å². The molecule has 160 valence electrons. The van der Waals surface area contributed by atoms with Crippen molar-refractivity contribution in [2.75, 3.05) is 5.32 Å². The lowest BCUT2D eigenvalue weighted by Crippen LogP contribution is -2.14. The number of rotatable bonds is 3. The first-order valence-corrected chi connectivity index (χ1v) is 12.1. The molecular weight excluding hydrogens is 425 g/mol. The molecule has 0 atom stereocenters. The van der Waals surface area contributed by atoms with Gasteiger partial charge < -0.3 is 19.0 Å². The zero-order valence-electron chi connectivity index (χ0n) is 16.9. The van der Waals surface area contributed by atoms with Gasteiger partial charge in [-0.15, -0.1) is 10.6 Å². The van der Waals surface area contributed by atoms with Crippen molar-refractivity contribution >= 4 is 33.7 Å². The van der Waals surface area contributed by atoms with Gasteiger partial charge in [0.25, 0.3) is 0 Å². The molecule has 2 aromatic rings. The number of aromatic nitrogens is 1. The van der Waals surface area contributed by atoms with E-state index in [-0.39, 0.29) is 14.5 Å². The van der Waals surface area contributed by atoms with Crippen LogP contribution in [0.2, 0.25) is 0 Å². The summed E-state index contributed by atoms with van der Waals surface area (Å²) in [4.78, 5) is 17.7. The molecule has 30 heavy (non-hydrogen) atoms. The van der Waals surface area contributed by atoms with Gasteiger partial charge in [0, 0.05) is 11.1 Å². The van der Waals surface area contributed by atoms with Gasteiger partial charge in [-0.1, -0.05) is 0 Å². The second-order valence-electron chi connectivity index (χ2n) is 8.95. The summed E-state index contributed by atoms with van der Waals surface area (Å²) in [7, 11) is -2.05. The molecule has 0 radical (unpaired) electrons. The Morgan fingerprint density at radius 2 is 2.07 bits per heavy atom. The summed E-state index contributed by atoms with van der Waals surface area (Å²) in [6.45, 7) is 2.91. The Bertz CT molecular complexity index is 1160. The lowest BCUT2D eigenvalue weighted by molar-refractivity contribution is 0.0789. The molecule has 2 amide bonds. The van der Waals surface area contributed by atoms with Crippen LogP contribution in [0.5, 0.6) is 0 Å². The van der Waals surface area contributed by atoms with Crippen molar-refractivity contribution in [3.63, 3.8) is 0 Å². The normalized spacial score (nSPS) is 19.7. The average Bonchev–Trinajstić information content (AvgIpc) is 3.00. The van der Waals surface area contributed by atoms with Crippen LogP contribution < -0.4 is 5.32 Å². The number of halogens is 1. The van der Waals surface area contributed by atoms with Gasteiger partial charge in [0.1, 0.15) is 5.82 Å². The summed E-state index contributed by atoms with van der Waals surface area (Å²) < 4.78 is 30.5. The van der Waals surface area contributed by atoms with Gasteiger partial charge in [-0.25, -0.2) is 9.18 Å². The lowest BCUT2D eigenvalue weighted by Gasteiger charge is -2.16. The molecule has 3 aliphatic carbocycles. The Balaban J connectivity index is 1.45. The number of aryl methyl sites for hydroxylation is 1. The Morgan fingerprint density at radius 1 is 1.30 bits per heavy atom. The Kier molecular flexibility index (Phi) is 4.57. The monoisotopic (exact) mass is 448 g/mol. The maximum absolute atomic E-state index is 14.1. The van der Waals surface area contributed by atoms with Gasteiger partial charge in [0.05, 0.1) is 21.9 Å². The first-order valence-electron chi connectivity index (χ1n) is 10.2. The molecule has 1 spiro atoms. The zero-order valence-corrected chi connectivity index (χ0v) is 18.5. The number of anilines is 1. The number of hydrogen-bond acceptors (Lipinski definition) is 6. The molecule has 1 saturated carbocycles. The van der Waals surface area contributed by atoms with Gasteiger partial charge in [-0.2, -0.15) is 11.3 Å². The molecular formula is C21H23FN3O3S2-. The van der Waals surface area contributed by atoms with E-state index >= 15 is 0 Å². The van der Waals surface area contributed by atoms with Crippen LogP contribution in [0.15, 0.2) is 14.6 Å². The van der Waals surface area contributed by atoms with Crippen molar-refractivity contribution in [2.45, 2.75) is 74.0 Å². The van der Waals surface area contributed by atoms with E-state index in [0.29, 0.717) is 0 Å². The van der Waals surface area contributed by atoms with E-state index in [0.717, 1.165) is 90.6 Å². The molecule has 0 unspecified atom stereocenters. The van der Waals surface area contributed by atoms with Crippen LogP contribution in [0.4, 0.5) is 14.9 Å². The van der Waals surface area contributed by atoms with E-state index in [1.807, 2.05) is 0 Å². The summed E-state index contributed by atoms with van der Waals surface area (Å²) in [5, 5.41) is 12.9. The molecule has 0 bridgehead atoms. The number of amides is 2. The molecule has 2 aromatic heterocycles. The van der Waals surface area contributed by atoms with Crippen molar-refractivity contribution in [1.82, 2.24) is 4.98 Å². The minimum atomic E-state index is -2.05. The molecule has 3 aliphatic rings. The fourth-order valence-electron chi connectivity index (χ4n) is 4.68. The predicted molar refractivity (Wildman–Crippen MR) is 113 cm³/mol. The van der Waals surface area contributed by atoms with E-state index < -0.39 is 28.0 Å². The van der Waals surface area contributed by atoms with Crippen molar-refractivity contribution in [1.29, 1.82) is 0 Å². The average molecular weight is 449 g/mol. The van der Waals surface area contributed by atoms with Crippen LogP contribution >= 0.6 is 11.3 Å². The molecule has 6 nitrogen and oxygen atoms in total. The van der Waals surface area contributed by atoms with Crippen molar-refractivity contribution in [3.8, 4) is 0 Å². The van der Waals surface area contributed by atoms with E-state index in [9.17, 15) is 18.5 Å². The summed E-state index contributed by atoms with van der Waals surface area (Å²) in [6.07, 6.45) is 7.06. The first-order chi connectivity index (χ1) is 14.2. The zero-order chi connectivity index (χ0) is 21.3.